The summed E-state index contributed by atoms with van der Waals surface area (Å²) in [5, 5.41) is 3.32. The summed E-state index contributed by atoms with van der Waals surface area (Å²) in [6.07, 6.45) is 1.81. The number of rotatable bonds is 5. The van der Waals surface area contributed by atoms with E-state index >= 15 is 0 Å². The van der Waals surface area contributed by atoms with Crippen LogP contribution in [0.1, 0.15) is 25.2 Å². The van der Waals surface area contributed by atoms with E-state index in [1.54, 1.807) is 0 Å². The van der Waals surface area contributed by atoms with E-state index in [0.717, 1.165) is 25.4 Å². The second-order valence-corrected chi connectivity index (χ2v) is 5.69. The van der Waals surface area contributed by atoms with Crippen molar-refractivity contribution < 1.29 is 4.42 Å². The summed E-state index contributed by atoms with van der Waals surface area (Å²) in [7, 11) is 0. The number of nitrogens with zero attached hydrogens (tertiary/aromatic N) is 1. The molecule has 3 nitrogen and oxygen atoms in total. The van der Waals surface area contributed by atoms with Gasteiger partial charge in [-0.2, -0.15) is 11.8 Å². The Kier molecular flexibility index (Phi) is 4.95. The van der Waals surface area contributed by atoms with Crippen LogP contribution in [0, 0.1) is 0 Å². The lowest BCUT2D eigenvalue weighted by atomic mass is 10.2. The average molecular weight is 254 g/mol. The van der Waals surface area contributed by atoms with Crippen LogP contribution in [0.3, 0.4) is 0 Å². The fourth-order valence-electron chi connectivity index (χ4n) is 2.12. The molecule has 2 rings (SSSR count). The van der Waals surface area contributed by atoms with Gasteiger partial charge in [-0.25, -0.2) is 0 Å². The molecule has 0 aromatic carbocycles. The average Bonchev–Trinajstić information content (AvgIpc) is 2.77. The summed E-state index contributed by atoms with van der Waals surface area (Å²) in [5.74, 6) is 3.60. The van der Waals surface area contributed by atoms with Gasteiger partial charge in [-0.3, -0.25) is 4.90 Å². The minimum Gasteiger partial charge on any atom is -0.468 e. The van der Waals surface area contributed by atoms with Gasteiger partial charge in [0.1, 0.15) is 5.76 Å². The zero-order valence-corrected chi connectivity index (χ0v) is 11.6. The molecule has 1 aromatic heterocycles. The summed E-state index contributed by atoms with van der Waals surface area (Å²) < 4.78 is 5.55. The van der Waals surface area contributed by atoms with E-state index in [1.807, 2.05) is 6.26 Å². The minimum absolute atomic E-state index is 0.677. The molecule has 0 amide bonds. The summed E-state index contributed by atoms with van der Waals surface area (Å²) in [6, 6.07) is 2.79. The summed E-state index contributed by atoms with van der Waals surface area (Å²) in [5.41, 5.74) is 1.34. The van der Waals surface area contributed by atoms with Crippen molar-refractivity contribution >= 4 is 11.8 Å². The lowest BCUT2D eigenvalue weighted by Crippen LogP contribution is -2.39. The third kappa shape index (κ3) is 3.50. The van der Waals surface area contributed by atoms with E-state index in [-0.39, 0.29) is 0 Å². The van der Waals surface area contributed by atoms with E-state index in [9.17, 15) is 0 Å². The Morgan fingerprint density at radius 3 is 3.24 bits per heavy atom. The summed E-state index contributed by atoms with van der Waals surface area (Å²) in [6.45, 7) is 8.48. The van der Waals surface area contributed by atoms with Gasteiger partial charge in [0.15, 0.2) is 0 Å². The Morgan fingerprint density at radius 1 is 1.59 bits per heavy atom. The first kappa shape index (κ1) is 13.0. The van der Waals surface area contributed by atoms with Crippen molar-refractivity contribution in [3.63, 3.8) is 0 Å². The molecule has 96 valence electrons. The number of furan rings is 1. The van der Waals surface area contributed by atoms with Crippen LogP contribution in [0.2, 0.25) is 0 Å². The molecular formula is C13H22N2OS. The molecular weight excluding hydrogens is 232 g/mol. The molecule has 0 radical (unpaired) electrons. The third-order valence-corrected chi connectivity index (χ3v) is 4.44. The zero-order chi connectivity index (χ0) is 12.1. The second-order valence-electron chi connectivity index (χ2n) is 4.54. The number of nitrogens with one attached hydrogen (secondary N) is 1. The minimum atomic E-state index is 0.677. The molecule has 2 heterocycles. The second kappa shape index (κ2) is 6.47. The molecule has 1 aromatic rings. The molecule has 1 unspecified atom stereocenters. The fraction of sp³-hybridized carbons (Fsp3) is 0.692. The number of thioether (sulfide) groups is 1. The number of hydrogen-bond donors (Lipinski definition) is 1. The van der Waals surface area contributed by atoms with Crippen molar-refractivity contribution in [1.29, 1.82) is 0 Å². The van der Waals surface area contributed by atoms with Crippen molar-refractivity contribution in [1.82, 2.24) is 10.2 Å². The van der Waals surface area contributed by atoms with Gasteiger partial charge in [0.05, 0.1) is 12.8 Å². The van der Waals surface area contributed by atoms with Gasteiger partial charge in [-0.15, -0.1) is 0 Å². The zero-order valence-electron chi connectivity index (χ0n) is 10.7. The highest BCUT2D eigenvalue weighted by Gasteiger charge is 2.20. The van der Waals surface area contributed by atoms with Crippen molar-refractivity contribution in [3.8, 4) is 0 Å². The van der Waals surface area contributed by atoms with Crippen LogP contribution in [0.4, 0.5) is 0 Å². The van der Waals surface area contributed by atoms with Gasteiger partial charge in [-0.1, -0.05) is 6.92 Å². The normalized spacial score (nSPS) is 21.9. The van der Waals surface area contributed by atoms with Crippen LogP contribution in [0.25, 0.3) is 0 Å². The molecule has 1 aliphatic heterocycles. The van der Waals surface area contributed by atoms with Crippen LogP contribution < -0.4 is 5.32 Å². The summed E-state index contributed by atoms with van der Waals surface area (Å²) >= 11 is 2.06. The van der Waals surface area contributed by atoms with Crippen molar-refractivity contribution in [2.75, 3.05) is 24.6 Å². The maximum atomic E-state index is 5.55. The molecule has 1 fully saturated rings. The molecule has 0 spiro atoms. The predicted octanol–water partition coefficient (Wildman–Crippen LogP) is 2.33. The first-order valence-corrected chi connectivity index (χ1v) is 7.54. The van der Waals surface area contributed by atoms with E-state index in [2.05, 4.69) is 41.9 Å². The van der Waals surface area contributed by atoms with Crippen LogP contribution in [-0.2, 0) is 13.1 Å². The van der Waals surface area contributed by atoms with Crippen molar-refractivity contribution in [2.45, 2.75) is 33.0 Å². The van der Waals surface area contributed by atoms with E-state index in [0.29, 0.717) is 6.04 Å². The van der Waals surface area contributed by atoms with Gasteiger partial charge in [0.25, 0.3) is 0 Å². The van der Waals surface area contributed by atoms with Gasteiger partial charge >= 0.3 is 0 Å². The van der Waals surface area contributed by atoms with E-state index in [4.69, 9.17) is 4.42 Å². The molecule has 1 saturated heterocycles. The standard InChI is InChI=1S/C13H22N2OS/c1-3-14-8-13-12(4-6-16-13)9-15-5-7-17-10-11(15)2/h4,6,11,14H,3,5,7-10H2,1-2H3. The SMILES string of the molecule is CCNCc1occc1CN1CCSCC1C. The first-order chi connectivity index (χ1) is 8.31. The first-order valence-electron chi connectivity index (χ1n) is 6.39. The highest BCUT2D eigenvalue weighted by atomic mass is 32.2. The van der Waals surface area contributed by atoms with Crippen LogP contribution in [0.5, 0.6) is 0 Å². The third-order valence-electron chi connectivity index (χ3n) is 3.25. The van der Waals surface area contributed by atoms with Crippen LogP contribution in [-0.4, -0.2) is 35.5 Å². The largest absolute Gasteiger partial charge is 0.468 e. The molecule has 0 aliphatic carbocycles. The predicted molar refractivity (Wildman–Crippen MR) is 73.3 cm³/mol. The molecule has 1 N–H and O–H groups in total. The van der Waals surface area contributed by atoms with Gasteiger partial charge in [-0.05, 0) is 19.5 Å². The Morgan fingerprint density at radius 2 is 2.47 bits per heavy atom. The number of hydrogen-bond acceptors (Lipinski definition) is 4. The maximum Gasteiger partial charge on any atom is 0.122 e. The van der Waals surface area contributed by atoms with E-state index < -0.39 is 0 Å². The Balaban J connectivity index is 1.95. The quantitative estimate of drug-likeness (QED) is 0.873. The molecule has 1 aliphatic rings. The maximum absolute atomic E-state index is 5.55. The lowest BCUT2D eigenvalue weighted by Gasteiger charge is -2.32. The Labute approximate surface area is 108 Å². The monoisotopic (exact) mass is 254 g/mol. The topological polar surface area (TPSA) is 28.4 Å². The smallest absolute Gasteiger partial charge is 0.122 e. The van der Waals surface area contributed by atoms with Crippen LogP contribution in [0.15, 0.2) is 16.7 Å². The van der Waals surface area contributed by atoms with Crippen LogP contribution >= 0.6 is 11.8 Å². The molecule has 4 heteroatoms. The molecule has 17 heavy (non-hydrogen) atoms. The van der Waals surface area contributed by atoms with Gasteiger partial charge < -0.3 is 9.73 Å². The Bertz CT molecular complexity index is 340. The fourth-order valence-corrected chi connectivity index (χ4v) is 3.20. The van der Waals surface area contributed by atoms with Gasteiger partial charge in [0, 0.05) is 36.2 Å². The highest BCUT2D eigenvalue weighted by molar-refractivity contribution is 7.99. The molecule has 0 saturated carbocycles. The highest BCUT2D eigenvalue weighted by Crippen LogP contribution is 2.20. The summed E-state index contributed by atoms with van der Waals surface area (Å²) in [4.78, 5) is 2.55. The van der Waals surface area contributed by atoms with Crippen molar-refractivity contribution in [2.24, 2.45) is 0 Å². The van der Waals surface area contributed by atoms with E-state index in [1.165, 1.54) is 23.6 Å². The lowest BCUT2D eigenvalue weighted by molar-refractivity contribution is 0.222. The Hall–Kier alpha value is -0.450. The molecule has 0 bridgehead atoms. The van der Waals surface area contributed by atoms with Crippen molar-refractivity contribution in [3.05, 3.63) is 23.7 Å². The molecule has 1 atom stereocenters. The van der Waals surface area contributed by atoms with Gasteiger partial charge in [0.2, 0.25) is 0 Å².